The molecule has 0 bridgehead atoms. The number of nitro benzene ring substituents is 1. The number of benzene rings is 1. The van der Waals surface area contributed by atoms with Crippen molar-refractivity contribution >= 4 is 29.2 Å². The summed E-state index contributed by atoms with van der Waals surface area (Å²) in [6.07, 6.45) is 0. The standard InChI is InChI=1S/C11H11ClN2O6/c12-8-2-1-7(3-9(8)14(19)20)4-13(5-10(15)16)6-11(17)18/h1-3H,4-6H2,(H,15,16)(H,17,18). The second kappa shape index (κ2) is 6.83. The molecule has 0 aromatic heterocycles. The Hall–Kier alpha value is -2.19. The first-order chi connectivity index (χ1) is 9.29. The topological polar surface area (TPSA) is 121 Å². The maximum atomic E-state index is 10.7. The van der Waals surface area contributed by atoms with Gasteiger partial charge in [-0.15, -0.1) is 0 Å². The highest BCUT2D eigenvalue weighted by atomic mass is 35.5. The van der Waals surface area contributed by atoms with Crippen LogP contribution in [0.3, 0.4) is 0 Å². The molecule has 0 aliphatic carbocycles. The van der Waals surface area contributed by atoms with E-state index in [1.165, 1.54) is 18.2 Å². The summed E-state index contributed by atoms with van der Waals surface area (Å²) >= 11 is 5.65. The lowest BCUT2D eigenvalue weighted by atomic mass is 10.2. The minimum Gasteiger partial charge on any atom is -0.480 e. The van der Waals surface area contributed by atoms with Crippen LogP contribution in [0.1, 0.15) is 5.56 Å². The number of aliphatic carboxylic acids is 2. The van der Waals surface area contributed by atoms with E-state index in [9.17, 15) is 19.7 Å². The zero-order valence-corrected chi connectivity index (χ0v) is 10.9. The molecule has 0 aliphatic rings. The highest BCUT2D eigenvalue weighted by Gasteiger charge is 2.17. The van der Waals surface area contributed by atoms with E-state index in [1.807, 2.05) is 0 Å². The molecule has 1 rings (SSSR count). The summed E-state index contributed by atoms with van der Waals surface area (Å²) in [7, 11) is 0. The molecule has 2 N–H and O–H groups in total. The van der Waals surface area contributed by atoms with Crippen LogP contribution in [-0.2, 0) is 16.1 Å². The molecule has 0 spiro atoms. The highest BCUT2D eigenvalue weighted by Crippen LogP contribution is 2.25. The fourth-order valence-corrected chi connectivity index (χ4v) is 1.79. The fraction of sp³-hybridized carbons (Fsp3) is 0.273. The molecule has 0 saturated carbocycles. The van der Waals surface area contributed by atoms with Crippen molar-refractivity contribution in [3.8, 4) is 0 Å². The summed E-state index contributed by atoms with van der Waals surface area (Å²) in [6, 6.07) is 3.99. The average Bonchev–Trinajstić information content (AvgIpc) is 2.29. The number of nitrogens with zero attached hydrogens (tertiary/aromatic N) is 2. The van der Waals surface area contributed by atoms with Crippen LogP contribution < -0.4 is 0 Å². The van der Waals surface area contributed by atoms with Gasteiger partial charge in [0.2, 0.25) is 0 Å². The molecule has 0 saturated heterocycles. The molecule has 9 heteroatoms. The largest absolute Gasteiger partial charge is 0.480 e. The van der Waals surface area contributed by atoms with E-state index in [1.54, 1.807) is 0 Å². The van der Waals surface area contributed by atoms with Crippen LogP contribution in [0.4, 0.5) is 5.69 Å². The number of hydrogen-bond donors (Lipinski definition) is 2. The average molecular weight is 303 g/mol. The Morgan fingerprint density at radius 1 is 1.25 bits per heavy atom. The van der Waals surface area contributed by atoms with E-state index in [0.29, 0.717) is 5.56 Å². The van der Waals surface area contributed by atoms with Gasteiger partial charge in [-0.05, 0) is 11.6 Å². The van der Waals surface area contributed by atoms with Crippen molar-refractivity contribution in [1.82, 2.24) is 4.90 Å². The SMILES string of the molecule is O=C(O)CN(CC(=O)O)Cc1ccc(Cl)c([N+](=O)[O-])c1. The Balaban J connectivity index is 2.92. The van der Waals surface area contributed by atoms with E-state index in [0.717, 1.165) is 4.90 Å². The summed E-state index contributed by atoms with van der Waals surface area (Å²) in [5, 5.41) is 28.1. The minimum atomic E-state index is -1.19. The predicted molar refractivity (Wildman–Crippen MR) is 68.7 cm³/mol. The predicted octanol–water partition coefficient (Wildman–Crippen LogP) is 1.22. The molecule has 0 heterocycles. The lowest BCUT2D eigenvalue weighted by molar-refractivity contribution is -0.384. The number of halogens is 1. The first-order valence-corrected chi connectivity index (χ1v) is 5.76. The van der Waals surface area contributed by atoms with Crippen LogP contribution in [-0.4, -0.2) is 45.1 Å². The molecule has 0 aliphatic heterocycles. The van der Waals surface area contributed by atoms with Gasteiger partial charge in [-0.25, -0.2) is 0 Å². The minimum absolute atomic E-state index is 0.0400. The van der Waals surface area contributed by atoms with Gasteiger partial charge in [-0.3, -0.25) is 24.6 Å². The van der Waals surface area contributed by atoms with E-state index >= 15 is 0 Å². The van der Waals surface area contributed by atoms with Crippen molar-refractivity contribution < 1.29 is 24.7 Å². The summed E-state index contributed by atoms with van der Waals surface area (Å²) in [5.74, 6) is -2.37. The highest BCUT2D eigenvalue weighted by molar-refractivity contribution is 6.32. The normalized spacial score (nSPS) is 10.5. The van der Waals surface area contributed by atoms with E-state index in [-0.39, 0.29) is 17.3 Å². The van der Waals surface area contributed by atoms with Gasteiger partial charge in [-0.1, -0.05) is 17.7 Å². The van der Waals surface area contributed by atoms with Crippen LogP contribution in [0.5, 0.6) is 0 Å². The molecular weight excluding hydrogens is 292 g/mol. The van der Waals surface area contributed by atoms with Crippen molar-refractivity contribution in [1.29, 1.82) is 0 Å². The third kappa shape index (κ3) is 4.82. The Morgan fingerprint density at radius 2 is 1.80 bits per heavy atom. The van der Waals surface area contributed by atoms with Crippen molar-refractivity contribution in [3.63, 3.8) is 0 Å². The third-order valence-electron chi connectivity index (χ3n) is 2.33. The Bertz CT molecular complexity index is 532. The van der Waals surface area contributed by atoms with Gasteiger partial charge >= 0.3 is 11.9 Å². The molecule has 0 atom stereocenters. The summed E-state index contributed by atoms with van der Waals surface area (Å²) < 4.78 is 0. The number of carboxylic acid groups (broad SMARTS) is 2. The molecule has 8 nitrogen and oxygen atoms in total. The van der Waals surface area contributed by atoms with Gasteiger partial charge in [-0.2, -0.15) is 0 Å². The number of hydrogen-bond acceptors (Lipinski definition) is 5. The van der Waals surface area contributed by atoms with Gasteiger partial charge in [0.15, 0.2) is 0 Å². The van der Waals surface area contributed by atoms with Crippen molar-refractivity contribution in [2.24, 2.45) is 0 Å². The van der Waals surface area contributed by atoms with E-state index in [4.69, 9.17) is 21.8 Å². The van der Waals surface area contributed by atoms with E-state index in [2.05, 4.69) is 0 Å². The van der Waals surface area contributed by atoms with Gasteiger partial charge in [0, 0.05) is 12.6 Å². The van der Waals surface area contributed by atoms with Crippen molar-refractivity contribution in [3.05, 3.63) is 38.9 Å². The fourth-order valence-electron chi connectivity index (χ4n) is 1.60. The number of nitro groups is 1. The van der Waals surface area contributed by atoms with Crippen LogP contribution in [0.15, 0.2) is 18.2 Å². The second-order valence-electron chi connectivity index (χ2n) is 3.98. The molecule has 0 amide bonds. The smallest absolute Gasteiger partial charge is 0.317 e. The molecule has 20 heavy (non-hydrogen) atoms. The Labute approximate surface area is 118 Å². The molecule has 1 aromatic carbocycles. The van der Waals surface area contributed by atoms with Crippen molar-refractivity contribution in [2.75, 3.05) is 13.1 Å². The number of rotatable bonds is 7. The summed E-state index contributed by atoms with van der Waals surface area (Å²) in [4.78, 5) is 32.5. The van der Waals surface area contributed by atoms with Gasteiger partial charge in [0.25, 0.3) is 5.69 Å². The molecule has 0 radical (unpaired) electrons. The first kappa shape index (κ1) is 15.9. The quantitative estimate of drug-likeness (QED) is 0.573. The van der Waals surface area contributed by atoms with Crippen LogP contribution in [0.25, 0.3) is 0 Å². The van der Waals surface area contributed by atoms with Gasteiger partial charge < -0.3 is 10.2 Å². The zero-order valence-electron chi connectivity index (χ0n) is 10.2. The first-order valence-electron chi connectivity index (χ1n) is 5.38. The van der Waals surface area contributed by atoms with Gasteiger partial charge in [0.05, 0.1) is 18.0 Å². The molecular formula is C11H11ClN2O6. The van der Waals surface area contributed by atoms with Crippen molar-refractivity contribution in [2.45, 2.75) is 6.54 Å². The second-order valence-corrected chi connectivity index (χ2v) is 4.38. The third-order valence-corrected chi connectivity index (χ3v) is 2.65. The summed E-state index contributed by atoms with van der Waals surface area (Å²) in [5.41, 5.74) is 0.0957. The number of carboxylic acids is 2. The molecule has 0 unspecified atom stereocenters. The monoisotopic (exact) mass is 302 g/mol. The van der Waals surface area contributed by atoms with Gasteiger partial charge in [0.1, 0.15) is 5.02 Å². The lowest BCUT2D eigenvalue weighted by Crippen LogP contribution is -2.33. The Kier molecular flexibility index (Phi) is 5.42. The maximum Gasteiger partial charge on any atom is 0.317 e. The lowest BCUT2D eigenvalue weighted by Gasteiger charge is -2.17. The maximum absolute atomic E-state index is 10.7. The van der Waals surface area contributed by atoms with Crippen LogP contribution >= 0.6 is 11.6 Å². The molecule has 1 aromatic rings. The van der Waals surface area contributed by atoms with Crippen LogP contribution in [0, 0.1) is 10.1 Å². The molecule has 108 valence electrons. The summed E-state index contributed by atoms with van der Waals surface area (Å²) in [6.45, 7) is -1.01. The number of carbonyl (C=O) groups is 2. The Morgan fingerprint density at radius 3 is 2.25 bits per heavy atom. The van der Waals surface area contributed by atoms with E-state index < -0.39 is 30.0 Å². The zero-order chi connectivity index (χ0) is 15.3. The molecule has 0 fully saturated rings. The van der Waals surface area contributed by atoms with Crippen LogP contribution in [0.2, 0.25) is 5.02 Å².